The first-order chi connectivity index (χ1) is 18.6. The van der Waals surface area contributed by atoms with E-state index in [-0.39, 0.29) is 22.7 Å². The van der Waals surface area contributed by atoms with Crippen molar-refractivity contribution >= 4 is 27.5 Å². The second kappa shape index (κ2) is 11.9. The van der Waals surface area contributed by atoms with Gasteiger partial charge in [-0.1, -0.05) is 18.2 Å². The molecule has 11 heteroatoms. The van der Waals surface area contributed by atoms with E-state index in [2.05, 4.69) is 32.2 Å². The van der Waals surface area contributed by atoms with Crippen LogP contribution >= 0.6 is 0 Å². The lowest BCUT2D eigenvalue weighted by Crippen LogP contribution is -2.40. The Kier molecular flexibility index (Phi) is 8.59. The molecule has 1 saturated carbocycles. The van der Waals surface area contributed by atoms with Gasteiger partial charge in [-0.3, -0.25) is 4.79 Å². The number of hydrogen-bond acceptors (Lipinski definition) is 8. The van der Waals surface area contributed by atoms with Gasteiger partial charge in [-0.15, -0.1) is 6.58 Å². The summed E-state index contributed by atoms with van der Waals surface area (Å²) < 4.78 is 40.5. The third kappa shape index (κ3) is 6.42. The van der Waals surface area contributed by atoms with Crippen LogP contribution in [0.3, 0.4) is 0 Å². The quantitative estimate of drug-likeness (QED) is 0.379. The fourth-order valence-electron chi connectivity index (χ4n) is 4.79. The standard InChI is InChI=1S/C28H33FN6O3S/c1-5-24(19-8-10-20(29)11-9-19)39(37,38)27-23(7-6-16-30-27)26(36)32-21-12-14-22(15-13-21)33-28-31-17-18(2)25(34-28)35(3)4/h5-11,16-17,21-22,24H,1,12-15H2,2-4H3,(H,32,36)(H,31,33,34). The van der Waals surface area contributed by atoms with Gasteiger partial charge in [-0.25, -0.2) is 22.8 Å². The molecule has 0 aliphatic heterocycles. The van der Waals surface area contributed by atoms with Crippen LogP contribution in [0, 0.1) is 12.7 Å². The van der Waals surface area contributed by atoms with Crippen molar-refractivity contribution < 1.29 is 17.6 Å². The maximum Gasteiger partial charge on any atom is 0.254 e. The van der Waals surface area contributed by atoms with Crippen LogP contribution in [0.2, 0.25) is 0 Å². The van der Waals surface area contributed by atoms with E-state index >= 15 is 0 Å². The van der Waals surface area contributed by atoms with E-state index < -0.39 is 26.8 Å². The van der Waals surface area contributed by atoms with Gasteiger partial charge in [0.15, 0.2) is 5.03 Å². The third-order valence-corrected chi connectivity index (χ3v) is 8.79. The summed E-state index contributed by atoms with van der Waals surface area (Å²) in [5, 5.41) is 4.86. The number of halogens is 1. The van der Waals surface area contributed by atoms with Gasteiger partial charge in [-0.05, 0) is 62.4 Å². The van der Waals surface area contributed by atoms with Crippen LogP contribution in [-0.2, 0) is 9.84 Å². The molecule has 2 aromatic heterocycles. The molecule has 1 amide bonds. The molecule has 1 aliphatic carbocycles. The molecule has 0 spiro atoms. The van der Waals surface area contributed by atoms with Crippen molar-refractivity contribution in [2.45, 2.75) is 55.0 Å². The Hall–Kier alpha value is -3.86. The van der Waals surface area contributed by atoms with Crippen LogP contribution in [0.5, 0.6) is 0 Å². The van der Waals surface area contributed by atoms with Gasteiger partial charge in [0.1, 0.15) is 16.9 Å². The summed E-state index contributed by atoms with van der Waals surface area (Å²) in [6.07, 6.45) is 7.39. The number of pyridine rings is 1. The first-order valence-electron chi connectivity index (χ1n) is 12.8. The van der Waals surface area contributed by atoms with E-state index in [0.29, 0.717) is 24.4 Å². The molecule has 9 nitrogen and oxygen atoms in total. The highest BCUT2D eigenvalue weighted by atomic mass is 32.2. The van der Waals surface area contributed by atoms with Crippen molar-refractivity contribution in [3.05, 3.63) is 84.0 Å². The van der Waals surface area contributed by atoms with Crippen LogP contribution in [0.25, 0.3) is 0 Å². The zero-order valence-corrected chi connectivity index (χ0v) is 23.1. The lowest BCUT2D eigenvalue weighted by molar-refractivity contribution is 0.0922. The first-order valence-corrected chi connectivity index (χ1v) is 14.3. The zero-order valence-electron chi connectivity index (χ0n) is 22.3. The Morgan fingerprint density at radius 2 is 1.77 bits per heavy atom. The van der Waals surface area contributed by atoms with Crippen molar-refractivity contribution in [3.8, 4) is 0 Å². The number of nitrogens with zero attached hydrogens (tertiary/aromatic N) is 4. The highest BCUT2D eigenvalue weighted by Gasteiger charge is 2.33. The molecule has 1 aliphatic rings. The van der Waals surface area contributed by atoms with Crippen LogP contribution in [0.4, 0.5) is 16.2 Å². The fraction of sp³-hybridized carbons (Fsp3) is 0.357. The van der Waals surface area contributed by atoms with Gasteiger partial charge >= 0.3 is 0 Å². The smallest absolute Gasteiger partial charge is 0.254 e. The van der Waals surface area contributed by atoms with E-state index in [0.717, 1.165) is 24.2 Å². The summed E-state index contributed by atoms with van der Waals surface area (Å²) in [5.41, 5.74) is 1.30. The van der Waals surface area contributed by atoms with Gasteiger partial charge < -0.3 is 15.5 Å². The largest absolute Gasteiger partial charge is 0.362 e. The van der Waals surface area contributed by atoms with Gasteiger partial charge in [0.2, 0.25) is 15.8 Å². The summed E-state index contributed by atoms with van der Waals surface area (Å²) in [7, 11) is -0.256. The molecule has 2 heterocycles. The number of benzene rings is 1. The zero-order chi connectivity index (χ0) is 28.2. The highest BCUT2D eigenvalue weighted by Crippen LogP contribution is 2.31. The van der Waals surface area contributed by atoms with Crippen molar-refractivity contribution in [2.75, 3.05) is 24.3 Å². The summed E-state index contributed by atoms with van der Waals surface area (Å²) in [5.74, 6) is 0.442. The maximum atomic E-state index is 13.5. The number of hydrogen-bond donors (Lipinski definition) is 2. The maximum absolute atomic E-state index is 13.5. The van der Waals surface area contributed by atoms with Crippen molar-refractivity contribution in [1.29, 1.82) is 0 Å². The molecular formula is C28H33FN6O3S. The van der Waals surface area contributed by atoms with Crippen LogP contribution < -0.4 is 15.5 Å². The Bertz CT molecular complexity index is 1440. The molecule has 1 atom stereocenters. The SMILES string of the molecule is C=CC(c1ccc(F)cc1)S(=O)(=O)c1ncccc1C(=O)NC1CCC(Nc2ncc(C)c(N(C)C)n2)CC1. The average molecular weight is 553 g/mol. The normalized spacial score (nSPS) is 18.2. The Labute approximate surface area is 228 Å². The molecule has 3 aromatic rings. The highest BCUT2D eigenvalue weighted by molar-refractivity contribution is 7.91. The number of carbonyl (C=O) groups is 1. The number of nitrogens with one attached hydrogen (secondary N) is 2. The van der Waals surface area contributed by atoms with E-state index in [1.807, 2.05) is 25.9 Å². The first kappa shape index (κ1) is 28.2. The number of sulfone groups is 1. The predicted octanol–water partition coefficient (Wildman–Crippen LogP) is 4.24. The minimum Gasteiger partial charge on any atom is -0.362 e. The number of carbonyl (C=O) groups excluding carboxylic acids is 1. The Morgan fingerprint density at radius 3 is 2.41 bits per heavy atom. The molecule has 2 N–H and O–H groups in total. The summed E-state index contributed by atoms with van der Waals surface area (Å²) in [6, 6.07) is 8.16. The monoisotopic (exact) mass is 552 g/mol. The minimum absolute atomic E-state index is 0.0315. The molecule has 0 radical (unpaired) electrons. The van der Waals surface area contributed by atoms with E-state index in [1.165, 1.54) is 48.7 Å². The van der Waals surface area contributed by atoms with Crippen LogP contribution in [0.1, 0.15) is 52.4 Å². The van der Waals surface area contributed by atoms with E-state index in [9.17, 15) is 17.6 Å². The van der Waals surface area contributed by atoms with Gasteiger partial charge in [-0.2, -0.15) is 4.98 Å². The van der Waals surface area contributed by atoms with Gasteiger partial charge in [0.25, 0.3) is 5.91 Å². The number of anilines is 2. The van der Waals surface area contributed by atoms with Crippen LogP contribution in [-0.4, -0.2) is 55.5 Å². The van der Waals surface area contributed by atoms with Crippen molar-refractivity contribution in [2.24, 2.45) is 0 Å². The number of aryl methyl sites for hydroxylation is 1. The van der Waals surface area contributed by atoms with Crippen LogP contribution in [0.15, 0.2) is 66.5 Å². The topological polar surface area (TPSA) is 117 Å². The fourth-order valence-corrected chi connectivity index (χ4v) is 6.47. The molecular weight excluding hydrogens is 519 g/mol. The Balaban J connectivity index is 1.43. The molecule has 0 saturated heterocycles. The van der Waals surface area contributed by atoms with Gasteiger partial charge in [0, 0.05) is 44.1 Å². The number of rotatable bonds is 9. The molecule has 206 valence electrons. The molecule has 0 bridgehead atoms. The minimum atomic E-state index is -4.13. The van der Waals surface area contributed by atoms with Crippen molar-refractivity contribution in [1.82, 2.24) is 20.3 Å². The summed E-state index contributed by atoms with van der Waals surface area (Å²) in [6.45, 7) is 5.62. The number of aromatic nitrogens is 3. The molecule has 1 aromatic carbocycles. The lowest BCUT2D eigenvalue weighted by atomic mass is 9.91. The van der Waals surface area contributed by atoms with Crippen molar-refractivity contribution in [3.63, 3.8) is 0 Å². The summed E-state index contributed by atoms with van der Waals surface area (Å²) in [4.78, 5) is 28.2. The Morgan fingerprint density at radius 1 is 1.10 bits per heavy atom. The average Bonchev–Trinajstić information content (AvgIpc) is 2.92. The second-order valence-electron chi connectivity index (χ2n) is 9.87. The summed E-state index contributed by atoms with van der Waals surface area (Å²) >= 11 is 0. The van der Waals surface area contributed by atoms with E-state index in [1.54, 1.807) is 6.20 Å². The molecule has 39 heavy (non-hydrogen) atoms. The molecule has 1 fully saturated rings. The van der Waals surface area contributed by atoms with E-state index in [4.69, 9.17) is 0 Å². The molecule has 4 rings (SSSR count). The molecule has 1 unspecified atom stereocenters. The lowest BCUT2D eigenvalue weighted by Gasteiger charge is -2.30. The third-order valence-electron chi connectivity index (χ3n) is 6.80. The predicted molar refractivity (Wildman–Crippen MR) is 149 cm³/mol. The van der Waals surface area contributed by atoms with Gasteiger partial charge in [0.05, 0.1) is 5.56 Å². The second-order valence-corrected chi connectivity index (χ2v) is 11.9. The number of amides is 1.